The lowest BCUT2D eigenvalue weighted by molar-refractivity contribution is 0.469. The highest BCUT2D eigenvalue weighted by Crippen LogP contribution is 2.17. The minimum Gasteiger partial charge on any atom is -0.257 e. The molecule has 2 rings (SSSR count). The molecule has 0 fully saturated rings. The van der Waals surface area contributed by atoms with Crippen molar-refractivity contribution in [1.29, 1.82) is 0 Å². The summed E-state index contributed by atoms with van der Waals surface area (Å²) in [5.41, 5.74) is 7.86. The van der Waals surface area contributed by atoms with Crippen molar-refractivity contribution >= 4 is 23.2 Å². The quantitative estimate of drug-likeness (QED) is 0.638. The molecule has 2 aromatic carbocycles. The maximum atomic E-state index is 3.28. The van der Waals surface area contributed by atoms with E-state index in [1.165, 1.54) is 16.3 Å². The normalized spacial score (nSPS) is 10.6. The van der Waals surface area contributed by atoms with E-state index in [1.807, 2.05) is 0 Å². The van der Waals surface area contributed by atoms with Gasteiger partial charge in [-0.15, -0.1) is 12.4 Å². The van der Waals surface area contributed by atoms with Crippen LogP contribution in [0.15, 0.2) is 42.5 Å². The highest BCUT2D eigenvalue weighted by Gasteiger charge is 1.99. The van der Waals surface area contributed by atoms with Gasteiger partial charge in [-0.3, -0.25) is 10.9 Å². The van der Waals surface area contributed by atoms with Crippen LogP contribution in [-0.4, -0.2) is 6.54 Å². The molecule has 0 aliphatic heterocycles. The molecule has 2 N–H and O–H groups in total. The topological polar surface area (TPSA) is 24.1 Å². The van der Waals surface area contributed by atoms with Crippen LogP contribution in [0.1, 0.15) is 19.4 Å². The molecule has 0 amide bonds. The van der Waals surface area contributed by atoms with Crippen molar-refractivity contribution in [1.82, 2.24) is 10.9 Å². The fraction of sp³-hybridized carbons (Fsp3) is 0.333. The smallest absolute Gasteiger partial charge is 0.0357 e. The largest absolute Gasteiger partial charge is 0.257 e. The zero-order valence-corrected chi connectivity index (χ0v) is 11.8. The average Bonchev–Trinajstić information content (AvgIpc) is 2.34. The molecule has 0 radical (unpaired) electrons. The summed E-state index contributed by atoms with van der Waals surface area (Å²) in [6, 6.07) is 14.9. The van der Waals surface area contributed by atoms with E-state index in [4.69, 9.17) is 0 Å². The standard InChI is InChI=1S/C15H20N2.ClH/c1-12(2)10-16-17-11-14-8-5-7-13-6-3-4-9-15(13)14;/h3-9,12,16-17H,10-11H2,1-2H3;1H. The van der Waals surface area contributed by atoms with E-state index < -0.39 is 0 Å². The first-order valence-corrected chi connectivity index (χ1v) is 6.19. The molecule has 3 heteroatoms. The highest BCUT2D eigenvalue weighted by atomic mass is 35.5. The summed E-state index contributed by atoms with van der Waals surface area (Å²) in [5, 5.41) is 2.63. The zero-order chi connectivity index (χ0) is 12.1. The number of fused-ring (bicyclic) bond motifs is 1. The molecular weight excluding hydrogens is 244 g/mol. The molecule has 0 aliphatic carbocycles. The summed E-state index contributed by atoms with van der Waals surface area (Å²) < 4.78 is 0. The summed E-state index contributed by atoms with van der Waals surface area (Å²) in [5.74, 6) is 0.662. The second-order valence-corrected chi connectivity index (χ2v) is 4.77. The predicted molar refractivity (Wildman–Crippen MR) is 80.9 cm³/mol. The summed E-state index contributed by atoms with van der Waals surface area (Å²) >= 11 is 0. The Morgan fingerprint density at radius 3 is 2.44 bits per heavy atom. The Kier molecular flexibility index (Phi) is 6.13. The molecular formula is C15H21ClN2. The van der Waals surface area contributed by atoms with Gasteiger partial charge in [0.2, 0.25) is 0 Å². The Morgan fingerprint density at radius 1 is 0.944 bits per heavy atom. The molecule has 2 nitrogen and oxygen atoms in total. The van der Waals surface area contributed by atoms with E-state index in [-0.39, 0.29) is 12.4 Å². The average molecular weight is 265 g/mol. The Hall–Kier alpha value is -1.09. The Labute approximate surface area is 115 Å². The molecule has 2 aromatic rings. The monoisotopic (exact) mass is 264 g/mol. The van der Waals surface area contributed by atoms with E-state index in [0.717, 1.165) is 13.1 Å². The van der Waals surface area contributed by atoms with Gasteiger partial charge in [-0.2, -0.15) is 0 Å². The van der Waals surface area contributed by atoms with Crippen LogP contribution < -0.4 is 10.9 Å². The van der Waals surface area contributed by atoms with Crippen LogP contribution >= 0.6 is 12.4 Å². The van der Waals surface area contributed by atoms with Crippen molar-refractivity contribution in [2.24, 2.45) is 5.92 Å². The van der Waals surface area contributed by atoms with Gasteiger partial charge in [0.05, 0.1) is 0 Å². The predicted octanol–water partition coefficient (Wildman–Crippen LogP) is 3.51. The van der Waals surface area contributed by atoms with Gasteiger partial charge < -0.3 is 0 Å². The second kappa shape index (κ2) is 7.37. The van der Waals surface area contributed by atoms with Crippen LogP contribution in [0.3, 0.4) is 0 Å². The van der Waals surface area contributed by atoms with Gasteiger partial charge in [0.1, 0.15) is 0 Å². The van der Waals surface area contributed by atoms with Crippen LogP contribution in [0.2, 0.25) is 0 Å². The number of benzene rings is 2. The Morgan fingerprint density at radius 2 is 1.67 bits per heavy atom. The zero-order valence-electron chi connectivity index (χ0n) is 10.9. The Bertz CT molecular complexity index is 477. The van der Waals surface area contributed by atoms with Crippen molar-refractivity contribution in [2.75, 3.05) is 6.54 Å². The van der Waals surface area contributed by atoms with Gasteiger partial charge in [-0.1, -0.05) is 56.3 Å². The van der Waals surface area contributed by atoms with E-state index in [1.54, 1.807) is 0 Å². The number of hydrogen-bond acceptors (Lipinski definition) is 2. The minimum absolute atomic E-state index is 0. The first kappa shape index (κ1) is 15.0. The Balaban J connectivity index is 0.00000162. The van der Waals surface area contributed by atoms with Crippen molar-refractivity contribution in [2.45, 2.75) is 20.4 Å². The summed E-state index contributed by atoms with van der Waals surface area (Å²) in [6.45, 7) is 6.25. The number of rotatable bonds is 5. The lowest BCUT2D eigenvalue weighted by Gasteiger charge is -2.11. The molecule has 0 spiro atoms. The molecule has 18 heavy (non-hydrogen) atoms. The van der Waals surface area contributed by atoms with Crippen molar-refractivity contribution in [3.8, 4) is 0 Å². The van der Waals surface area contributed by atoms with Crippen LogP contribution in [0, 0.1) is 5.92 Å². The highest BCUT2D eigenvalue weighted by molar-refractivity contribution is 5.85. The number of hydrazine groups is 1. The number of nitrogens with one attached hydrogen (secondary N) is 2. The van der Waals surface area contributed by atoms with Gasteiger partial charge in [0, 0.05) is 13.1 Å². The second-order valence-electron chi connectivity index (χ2n) is 4.77. The van der Waals surface area contributed by atoms with Crippen LogP contribution in [0.4, 0.5) is 0 Å². The lowest BCUT2D eigenvalue weighted by atomic mass is 10.1. The van der Waals surface area contributed by atoms with Crippen LogP contribution in [0.5, 0.6) is 0 Å². The van der Waals surface area contributed by atoms with E-state index >= 15 is 0 Å². The SMILES string of the molecule is CC(C)CNNCc1cccc2ccccc12.Cl. The summed E-state index contributed by atoms with van der Waals surface area (Å²) in [7, 11) is 0. The molecule has 0 bridgehead atoms. The molecule has 0 atom stereocenters. The number of halogens is 1. The van der Waals surface area contributed by atoms with Crippen molar-refractivity contribution < 1.29 is 0 Å². The third kappa shape index (κ3) is 3.98. The first-order chi connectivity index (χ1) is 8.27. The fourth-order valence-electron chi connectivity index (χ4n) is 1.88. The van der Waals surface area contributed by atoms with Crippen LogP contribution in [-0.2, 0) is 6.54 Å². The molecule has 0 aromatic heterocycles. The lowest BCUT2D eigenvalue weighted by Crippen LogP contribution is -2.34. The fourth-order valence-corrected chi connectivity index (χ4v) is 1.88. The minimum atomic E-state index is 0. The molecule has 0 aliphatic rings. The molecule has 0 saturated carbocycles. The van der Waals surface area contributed by atoms with Crippen molar-refractivity contribution in [3.63, 3.8) is 0 Å². The van der Waals surface area contributed by atoms with Crippen molar-refractivity contribution in [3.05, 3.63) is 48.0 Å². The maximum absolute atomic E-state index is 3.28. The van der Waals surface area contributed by atoms with Gasteiger partial charge in [-0.05, 0) is 22.3 Å². The number of hydrogen-bond donors (Lipinski definition) is 2. The molecule has 0 saturated heterocycles. The third-order valence-corrected chi connectivity index (χ3v) is 2.79. The third-order valence-electron chi connectivity index (χ3n) is 2.79. The summed E-state index contributed by atoms with van der Waals surface area (Å²) in [4.78, 5) is 0. The van der Waals surface area contributed by atoms with Gasteiger partial charge in [-0.25, -0.2) is 0 Å². The van der Waals surface area contributed by atoms with Gasteiger partial charge >= 0.3 is 0 Å². The molecule has 98 valence electrons. The van der Waals surface area contributed by atoms with E-state index in [0.29, 0.717) is 5.92 Å². The van der Waals surface area contributed by atoms with E-state index in [9.17, 15) is 0 Å². The van der Waals surface area contributed by atoms with Crippen LogP contribution in [0.25, 0.3) is 10.8 Å². The van der Waals surface area contributed by atoms with Gasteiger partial charge in [0.15, 0.2) is 0 Å². The van der Waals surface area contributed by atoms with Gasteiger partial charge in [0.25, 0.3) is 0 Å². The van der Waals surface area contributed by atoms with E-state index in [2.05, 4.69) is 67.2 Å². The first-order valence-electron chi connectivity index (χ1n) is 6.19. The maximum Gasteiger partial charge on any atom is 0.0357 e. The molecule has 0 heterocycles. The molecule has 0 unspecified atom stereocenters. The summed E-state index contributed by atoms with van der Waals surface area (Å²) in [6.07, 6.45) is 0.